The molecule has 2 aromatic carbocycles. The summed E-state index contributed by atoms with van der Waals surface area (Å²) in [6.07, 6.45) is -12.9. The van der Waals surface area contributed by atoms with E-state index >= 15 is 0 Å². The number of aromatic nitrogens is 2. The van der Waals surface area contributed by atoms with E-state index in [9.17, 15) is 44.3 Å². The molecule has 2 heterocycles. The minimum atomic E-state index is -5.08. The van der Waals surface area contributed by atoms with Crippen LogP contribution >= 0.6 is 0 Å². The highest BCUT2D eigenvalue weighted by atomic mass is 19.4. The second kappa shape index (κ2) is 20.0. The quantitative estimate of drug-likeness (QED) is 0.169. The smallest absolute Gasteiger partial charge is 0.490 e. The first kappa shape index (κ1) is 46.4. The number of fused-ring (bicyclic) bond motifs is 1. The summed E-state index contributed by atoms with van der Waals surface area (Å²) in [5, 5.41) is 34.9. The third-order valence-electron chi connectivity index (χ3n) is 6.60. The molecule has 0 saturated heterocycles. The largest absolute Gasteiger partial charge is 0.497 e. The minimum absolute atomic E-state index is 0.0897. The Kier molecular flexibility index (Phi) is 17.2. The number of anilines is 1. The molecular weight excluding hydrogens is 757 g/mol. The van der Waals surface area contributed by atoms with Gasteiger partial charge in [0, 0.05) is 24.3 Å². The molecular formula is C31H34F9N5O9. The summed E-state index contributed by atoms with van der Waals surface area (Å²) in [6, 6.07) is 11.5. The number of aliphatic carboxylic acids is 3. The number of H-pyrrole nitrogens is 1. The molecule has 1 aromatic heterocycles. The fourth-order valence-corrected chi connectivity index (χ4v) is 3.91. The Morgan fingerprint density at radius 2 is 1.41 bits per heavy atom. The van der Waals surface area contributed by atoms with Crippen molar-refractivity contribution in [1.82, 2.24) is 20.4 Å². The summed E-state index contributed by atoms with van der Waals surface area (Å²) in [6.45, 7) is 3.90. The molecule has 1 aliphatic heterocycles. The number of hydrogen-bond donors (Lipinski definition) is 6. The number of benzene rings is 2. The number of aryl methyl sites for hydroxylation is 1. The first-order chi connectivity index (χ1) is 24.8. The van der Waals surface area contributed by atoms with Gasteiger partial charge in [-0.3, -0.25) is 9.89 Å². The van der Waals surface area contributed by atoms with E-state index in [2.05, 4.69) is 25.7 Å². The first-order valence-electron chi connectivity index (χ1n) is 14.8. The van der Waals surface area contributed by atoms with Crippen molar-refractivity contribution in [2.24, 2.45) is 0 Å². The molecule has 0 fully saturated rings. The van der Waals surface area contributed by atoms with E-state index in [-0.39, 0.29) is 11.9 Å². The number of rotatable bonds is 8. The van der Waals surface area contributed by atoms with Crippen LogP contribution in [0, 0.1) is 6.92 Å². The van der Waals surface area contributed by atoms with Crippen LogP contribution in [0.5, 0.6) is 11.5 Å². The predicted octanol–water partition coefficient (Wildman–Crippen LogP) is 4.89. The lowest BCUT2D eigenvalue weighted by atomic mass is 9.95. The Balaban J connectivity index is 0.000000566. The van der Waals surface area contributed by atoms with Gasteiger partial charge < -0.3 is 40.3 Å². The van der Waals surface area contributed by atoms with Crippen LogP contribution in [0.1, 0.15) is 16.8 Å². The number of halogens is 9. The Bertz CT molecular complexity index is 1670. The molecule has 0 aliphatic carbocycles. The maximum absolute atomic E-state index is 13.2. The number of likely N-dealkylation sites (N-methyl/N-ethyl adjacent to an activating group) is 1. The van der Waals surface area contributed by atoms with Gasteiger partial charge >= 0.3 is 36.4 Å². The molecule has 0 radical (unpaired) electrons. The van der Waals surface area contributed by atoms with Gasteiger partial charge in [-0.05, 0) is 68.4 Å². The second-order valence-electron chi connectivity index (χ2n) is 10.9. The molecule has 1 amide bonds. The van der Waals surface area contributed by atoms with Crippen LogP contribution in [0.15, 0.2) is 42.6 Å². The van der Waals surface area contributed by atoms with Crippen LogP contribution in [-0.2, 0) is 32.1 Å². The van der Waals surface area contributed by atoms with Gasteiger partial charge in [-0.15, -0.1) is 0 Å². The van der Waals surface area contributed by atoms with Crippen LogP contribution in [0.2, 0.25) is 0 Å². The van der Waals surface area contributed by atoms with Crippen molar-refractivity contribution >= 4 is 29.5 Å². The zero-order valence-electron chi connectivity index (χ0n) is 28.5. The van der Waals surface area contributed by atoms with Crippen molar-refractivity contribution in [3.63, 3.8) is 0 Å². The summed E-state index contributed by atoms with van der Waals surface area (Å²) in [7, 11) is 5.65. The Morgan fingerprint density at radius 1 is 0.870 bits per heavy atom. The van der Waals surface area contributed by atoms with E-state index in [4.69, 9.17) is 39.2 Å². The first-order valence-corrected chi connectivity index (χ1v) is 14.8. The van der Waals surface area contributed by atoms with Crippen LogP contribution in [-0.4, -0.2) is 113 Å². The lowest BCUT2D eigenvalue weighted by Gasteiger charge is -2.26. The SMILES string of the molecule is COc1ccc2c(c1)C[C@@H](C(=O)Nc1ccc(-c3cn[nH]c3C)cc1OCCN(C)C)NC2.O=C(O)C(F)(F)F.O=C(O)C(F)(F)F.O=C(O)C(F)(F)F. The van der Waals surface area contributed by atoms with Crippen molar-refractivity contribution in [1.29, 1.82) is 0 Å². The number of nitrogens with one attached hydrogen (secondary N) is 3. The van der Waals surface area contributed by atoms with Crippen LogP contribution in [0.25, 0.3) is 11.1 Å². The number of carboxylic acids is 3. The lowest BCUT2D eigenvalue weighted by molar-refractivity contribution is -0.193. The summed E-state index contributed by atoms with van der Waals surface area (Å²) in [5.41, 5.74) is 5.93. The van der Waals surface area contributed by atoms with Gasteiger partial charge in [-0.1, -0.05) is 12.1 Å². The van der Waals surface area contributed by atoms with Gasteiger partial charge in [-0.25, -0.2) is 14.4 Å². The molecule has 0 saturated carbocycles. The van der Waals surface area contributed by atoms with Gasteiger partial charge in [0.1, 0.15) is 18.1 Å². The van der Waals surface area contributed by atoms with Crippen molar-refractivity contribution in [2.45, 2.75) is 44.5 Å². The van der Waals surface area contributed by atoms with E-state index in [1.165, 1.54) is 5.56 Å². The number of methoxy groups -OCH3 is 1. The predicted molar refractivity (Wildman–Crippen MR) is 170 cm³/mol. The number of hydrogen-bond acceptors (Lipinski definition) is 9. The van der Waals surface area contributed by atoms with Crippen LogP contribution in [0.4, 0.5) is 45.2 Å². The van der Waals surface area contributed by atoms with Crippen LogP contribution in [0.3, 0.4) is 0 Å². The van der Waals surface area contributed by atoms with E-state index in [0.29, 0.717) is 31.0 Å². The number of amides is 1. The van der Waals surface area contributed by atoms with Crippen molar-refractivity contribution in [2.75, 3.05) is 39.7 Å². The number of carbonyl (C=O) groups excluding carboxylic acids is 1. The highest BCUT2D eigenvalue weighted by Gasteiger charge is 2.39. The van der Waals surface area contributed by atoms with Crippen molar-refractivity contribution in [3.05, 3.63) is 59.4 Å². The maximum atomic E-state index is 13.2. The number of aromatic amines is 1. The van der Waals surface area contributed by atoms with Gasteiger partial charge in [0.25, 0.3) is 0 Å². The fraction of sp³-hybridized carbons (Fsp3) is 0.387. The number of carboxylic acid groups (broad SMARTS) is 3. The maximum Gasteiger partial charge on any atom is 0.490 e. The lowest BCUT2D eigenvalue weighted by Crippen LogP contribution is -2.44. The highest BCUT2D eigenvalue weighted by molar-refractivity contribution is 5.97. The van der Waals surface area contributed by atoms with Gasteiger partial charge in [0.15, 0.2) is 0 Å². The molecule has 14 nitrogen and oxygen atoms in total. The molecule has 1 aliphatic rings. The molecule has 0 spiro atoms. The van der Waals surface area contributed by atoms with Gasteiger partial charge in [-0.2, -0.15) is 44.6 Å². The molecule has 4 rings (SSSR count). The normalized spacial score (nSPS) is 13.7. The molecule has 54 heavy (non-hydrogen) atoms. The molecule has 0 unspecified atom stereocenters. The molecule has 6 N–H and O–H groups in total. The molecule has 3 aromatic rings. The van der Waals surface area contributed by atoms with E-state index < -0.39 is 36.4 Å². The highest BCUT2D eigenvalue weighted by Crippen LogP contribution is 2.32. The Morgan fingerprint density at radius 3 is 1.85 bits per heavy atom. The Hall–Kier alpha value is -5.58. The zero-order valence-corrected chi connectivity index (χ0v) is 28.5. The monoisotopic (exact) mass is 791 g/mol. The Labute approximate surface area is 299 Å². The summed E-state index contributed by atoms with van der Waals surface area (Å²) < 4.78 is 107. The van der Waals surface area contributed by atoms with Crippen molar-refractivity contribution < 1.29 is 83.5 Å². The molecule has 0 bridgehead atoms. The topological polar surface area (TPSA) is 203 Å². The third-order valence-corrected chi connectivity index (χ3v) is 6.60. The number of carbonyl (C=O) groups is 4. The van der Waals surface area contributed by atoms with Crippen molar-refractivity contribution in [3.8, 4) is 22.6 Å². The zero-order chi connectivity index (χ0) is 41.6. The number of ether oxygens (including phenoxy) is 2. The average Bonchev–Trinajstić information content (AvgIpc) is 3.49. The molecule has 1 atom stereocenters. The van der Waals surface area contributed by atoms with Crippen LogP contribution < -0.4 is 20.1 Å². The summed E-state index contributed by atoms with van der Waals surface area (Å²) in [5.74, 6) is -6.92. The van der Waals surface area contributed by atoms with Gasteiger partial charge in [0.2, 0.25) is 5.91 Å². The number of nitrogens with zero attached hydrogens (tertiary/aromatic N) is 2. The van der Waals surface area contributed by atoms with Gasteiger partial charge in [0.05, 0.1) is 25.0 Å². The minimum Gasteiger partial charge on any atom is -0.497 e. The average molecular weight is 792 g/mol. The third kappa shape index (κ3) is 16.0. The molecule has 23 heteroatoms. The number of alkyl halides is 9. The standard InChI is InChI=1S/C25H31N5O3.3C2HF3O2/c1-16-21(15-27-29-16)17-6-8-22(24(13-17)33-10-9-30(2)3)28-25(31)23-12-19-11-20(32-4)7-5-18(19)14-26-23;3*3-2(4,5)1(6)7/h5-8,11,13,15,23,26H,9-10,12,14H2,1-4H3,(H,27,29)(H,28,31);3*(H,6,7)/t23-;;;/m0.../s1. The summed E-state index contributed by atoms with van der Waals surface area (Å²) >= 11 is 0. The second-order valence-corrected chi connectivity index (χ2v) is 10.9. The fourth-order valence-electron chi connectivity index (χ4n) is 3.91. The van der Waals surface area contributed by atoms with E-state index in [1.54, 1.807) is 13.3 Å². The van der Waals surface area contributed by atoms with E-state index in [0.717, 1.165) is 34.7 Å². The molecule has 300 valence electrons. The summed E-state index contributed by atoms with van der Waals surface area (Å²) in [4.78, 5) is 41.9. The van der Waals surface area contributed by atoms with E-state index in [1.807, 2.05) is 57.4 Å².